The van der Waals surface area contributed by atoms with E-state index >= 15 is 0 Å². The number of hydrogen-bond donors (Lipinski definition) is 3. The summed E-state index contributed by atoms with van der Waals surface area (Å²) in [6.07, 6.45) is 0. The van der Waals surface area contributed by atoms with Crippen molar-refractivity contribution in [3.05, 3.63) is 58.6 Å². The number of nitrogens with one attached hydrogen (secondary N) is 1. The topological polar surface area (TPSA) is 118 Å². The third kappa shape index (κ3) is 3.95. The molecule has 0 aliphatic heterocycles. The minimum absolute atomic E-state index is 0. The monoisotopic (exact) mass is 309 g/mol. The molecular formula is C14H12ClNO5. The molecule has 0 atom stereocenters. The molecule has 0 spiro atoms. The summed E-state index contributed by atoms with van der Waals surface area (Å²) in [7, 11) is 0. The Balaban J connectivity index is 0.00000220. The third-order valence-electron chi connectivity index (χ3n) is 2.62. The van der Waals surface area contributed by atoms with E-state index in [0.717, 1.165) is 0 Å². The van der Waals surface area contributed by atoms with E-state index in [1.54, 1.807) is 12.1 Å². The Labute approximate surface area is 124 Å². The van der Waals surface area contributed by atoms with Crippen LogP contribution in [0.3, 0.4) is 0 Å². The van der Waals surface area contributed by atoms with Crippen LogP contribution in [0.5, 0.6) is 0 Å². The molecule has 0 saturated heterocycles. The van der Waals surface area contributed by atoms with Crippen LogP contribution in [-0.2, 0) is 0 Å². The molecule has 0 amide bonds. The summed E-state index contributed by atoms with van der Waals surface area (Å²) in [4.78, 5) is 21.8. The predicted molar refractivity (Wildman–Crippen MR) is 78.7 cm³/mol. The lowest BCUT2D eigenvalue weighted by atomic mass is 10.1. The standard InChI is InChI=1S/C14H10ClNO4.H2O/c15-9-3-6-11(14(19)20)12(7-9)16-10-4-1-8(2-5-10)13(17)18;/h1-7,16H,(H,17,18)(H,19,20);1H2. The molecule has 0 aliphatic rings. The SMILES string of the molecule is O.O=C(O)c1ccc(Nc2cc(Cl)ccc2C(=O)O)cc1. The van der Waals surface area contributed by atoms with Crippen molar-refractivity contribution in [1.29, 1.82) is 0 Å². The second-order valence-electron chi connectivity index (χ2n) is 4.00. The first-order chi connectivity index (χ1) is 9.47. The predicted octanol–water partition coefficient (Wildman–Crippen LogP) is 2.66. The average molecular weight is 310 g/mol. The Bertz CT molecular complexity index is 670. The summed E-state index contributed by atoms with van der Waals surface area (Å²) < 4.78 is 0. The lowest BCUT2D eigenvalue weighted by molar-refractivity contribution is 0.0686. The highest BCUT2D eigenvalue weighted by Crippen LogP contribution is 2.25. The normalized spacial score (nSPS) is 9.57. The van der Waals surface area contributed by atoms with Crippen molar-refractivity contribution in [3.8, 4) is 0 Å². The molecule has 2 rings (SSSR count). The lowest BCUT2D eigenvalue weighted by Gasteiger charge is -2.10. The molecule has 0 heterocycles. The smallest absolute Gasteiger partial charge is 0.337 e. The van der Waals surface area contributed by atoms with Gasteiger partial charge in [0.05, 0.1) is 16.8 Å². The van der Waals surface area contributed by atoms with Crippen LogP contribution in [0.4, 0.5) is 11.4 Å². The maximum atomic E-state index is 11.1. The minimum atomic E-state index is -1.08. The minimum Gasteiger partial charge on any atom is -0.478 e. The van der Waals surface area contributed by atoms with Crippen LogP contribution in [0.25, 0.3) is 0 Å². The zero-order valence-electron chi connectivity index (χ0n) is 10.6. The van der Waals surface area contributed by atoms with Crippen LogP contribution in [0, 0.1) is 0 Å². The summed E-state index contributed by atoms with van der Waals surface area (Å²) >= 11 is 5.84. The van der Waals surface area contributed by atoms with Gasteiger partial charge in [-0.1, -0.05) is 11.6 Å². The number of carboxylic acid groups (broad SMARTS) is 2. The van der Waals surface area contributed by atoms with Gasteiger partial charge in [-0.05, 0) is 42.5 Å². The van der Waals surface area contributed by atoms with Crippen LogP contribution in [0.15, 0.2) is 42.5 Å². The molecule has 0 saturated carbocycles. The Hall–Kier alpha value is -2.57. The Morgan fingerprint density at radius 3 is 2.10 bits per heavy atom. The Kier molecular flexibility index (Phi) is 5.29. The van der Waals surface area contributed by atoms with Crippen molar-refractivity contribution in [3.63, 3.8) is 0 Å². The molecule has 5 N–H and O–H groups in total. The van der Waals surface area contributed by atoms with Crippen molar-refractivity contribution in [2.45, 2.75) is 0 Å². The third-order valence-corrected chi connectivity index (χ3v) is 2.86. The van der Waals surface area contributed by atoms with E-state index in [-0.39, 0.29) is 16.6 Å². The second kappa shape index (κ2) is 6.74. The molecule has 6 nitrogen and oxygen atoms in total. The van der Waals surface area contributed by atoms with Gasteiger partial charge in [0.2, 0.25) is 0 Å². The van der Waals surface area contributed by atoms with E-state index < -0.39 is 11.9 Å². The number of anilines is 2. The van der Waals surface area contributed by atoms with E-state index in [9.17, 15) is 9.59 Å². The summed E-state index contributed by atoms with van der Waals surface area (Å²) in [5.74, 6) is -2.10. The lowest BCUT2D eigenvalue weighted by Crippen LogP contribution is -2.03. The summed E-state index contributed by atoms with van der Waals surface area (Å²) in [6, 6.07) is 10.3. The van der Waals surface area contributed by atoms with Gasteiger partial charge in [-0.25, -0.2) is 9.59 Å². The second-order valence-corrected chi connectivity index (χ2v) is 4.44. The van der Waals surface area contributed by atoms with Gasteiger partial charge in [0.1, 0.15) is 0 Å². The molecule has 0 unspecified atom stereocenters. The fourth-order valence-corrected chi connectivity index (χ4v) is 1.83. The number of benzene rings is 2. The number of rotatable bonds is 4. The first-order valence-electron chi connectivity index (χ1n) is 5.60. The molecule has 0 bridgehead atoms. The van der Waals surface area contributed by atoms with Crippen LogP contribution >= 0.6 is 11.6 Å². The first kappa shape index (κ1) is 16.5. The Morgan fingerprint density at radius 2 is 1.57 bits per heavy atom. The summed E-state index contributed by atoms with van der Waals surface area (Å²) in [5, 5.41) is 21.2. The number of carbonyl (C=O) groups is 2. The highest BCUT2D eigenvalue weighted by atomic mass is 35.5. The van der Waals surface area contributed by atoms with E-state index in [1.165, 1.54) is 30.3 Å². The van der Waals surface area contributed by atoms with E-state index in [4.69, 9.17) is 21.8 Å². The van der Waals surface area contributed by atoms with Crippen LogP contribution in [0.1, 0.15) is 20.7 Å². The maximum Gasteiger partial charge on any atom is 0.337 e. The Morgan fingerprint density at radius 1 is 0.952 bits per heavy atom. The van der Waals surface area contributed by atoms with Gasteiger partial charge in [0.25, 0.3) is 0 Å². The summed E-state index contributed by atoms with van der Waals surface area (Å²) in [6.45, 7) is 0. The van der Waals surface area contributed by atoms with Crippen LogP contribution < -0.4 is 5.32 Å². The van der Waals surface area contributed by atoms with Gasteiger partial charge >= 0.3 is 11.9 Å². The zero-order chi connectivity index (χ0) is 14.7. The van der Waals surface area contributed by atoms with Gasteiger partial charge in [0, 0.05) is 10.7 Å². The van der Waals surface area contributed by atoms with Gasteiger partial charge < -0.3 is 21.0 Å². The molecule has 0 fully saturated rings. The van der Waals surface area contributed by atoms with E-state index in [1.807, 2.05) is 0 Å². The number of halogens is 1. The fraction of sp³-hybridized carbons (Fsp3) is 0. The van der Waals surface area contributed by atoms with Crippen molar-refractivity contribution >= 4 is 34.9 Å². The number of aromatic carboxylic acids is 2. The molecule has 0 aliphatic carbocycles. The highest BCUT2D eigenvalue weighted by molar-refractivity contribution is 6.31. The van der Waals surface area contributed by atoms with Gasteiger partial charge in [-0.3, -0.25) is 0 Å². The van der Waals surface area contributed by atoms with Gasteiger partial charge in [-0.15, -0.1) is 0 Å². The fourth-order valence-electron chi connectivity index (χ4n) is 1.66. The molecule has 2 aromatic carbocycles. The zero-order valence-corrected chi connectivity index (χ0v) is 11.4. The van der Waals surface area contributed by atoms with Crippen molar-refractivity contribution < 1.29 is 25.3 Å². The highest BCUT2D eigenvalue weighted by Gasteiger charge is 2.11. The molecular weight excluding hydrogens is 298 g/mol. The van der Waals surface area contributed by atoms with Gasteiger partial charge in [0.15, 0.2) is 0 Å². The van der Waals surface area contributed by atoms with Crippen molar-refractivity contribution in [2.75, 3.05) is 5.32 Å². The van der Waals surface area contributed by atoms with E-state index in [0.29, 0.717) is 16.4 Å². The van der Waals surface area contributed by atoms with Crippen molar-refractivity contribution in [2.24, 2.45) is 0 Å². The van der Waals surface area contributed by atoms with Crippen LogP contribution in [-0.4, -0.2) is 27.6 Å². The quantitative estimate of drug-likeness (QED) is 0.802. The molecule has 0 radical (unpaired) electrons. The van der Waals surface area contributed by atoms with E-state index in [2.05, 4.69) is 5.32 Å². The maximum absolute atomic E-state index is 11.1. The molecule has 21 heavy (non-hydrogen) atoms. The summed E-state index contributed by atoms with van der Waals surface area (Å²) in [5.41, 5.74) is 1.14. The average Bonchev–Trinajstić information content (AvgIpc) is 2.39. The van der Waals surface area contributed by atoms with Gasteiger partial charge in [-0.2, -0.15) is 0 Å². The first-order valence-corrected chi connectivity index (χ1v) is 5.98. The number of hydrogen-bond acceptors (Lipinski definition) is 3. The van der Waals surface area contributed by atoms with Crippen molar-refractivity contribution in [1.82, 2.24) is 0 Å². The molecule has 0 aromatic heterocycles. The molecule has 2 aromatic rings. The van der Waals surface area contributed by atoms with Crippen LogP contribution in [0.2, 0.25) is 5.02 Å². The molecule has 110 valence electrons. The number of carboxylic acids is 2. The largest absolute Gasteiger partial charge is 0.478 e. The molecule has 7 heteroatoms.